The van der Waals surface area contributed by atoms with Crippen LogP contribution in [0.15, 0.2) is 42.5 Å². The first kappa shape index (κ1) is 43.4. The topological polar surface area (TPSA) is 345 Å². The highest BCUT2D eigenvalue weighted by Crippen LogP contribution is 2.34. The number of carbonyl (C=O) groups is 1. The zero-order valence-electron chi connectivity index (χ0n) is 29.6. The van der Waals surface area contributed by atoms with Gasteiger partial charge in [0.15, 0.2) is 48.0 Å². The van der Waals surface area contributed by atoms with E-state index in [0.29, 0.717) is 0 Å². The third kappa shape index (κ3) is 9.85. The lowest BCUT2D eigenvalue weighted by molar-refractivity contribution is -0.365. The van der Waals surface area contributed by atoms with Crippen molar-refractivity contribution in [1.29, 1.82) is 0 Å². The Labute approximate surface area is 317 Å². The molecule has 3 fully saturated rings. The fourth-order valence-electron chi connectivity index (χ4n) is 6.15. The van der Waals surface area contributed by atoms with Gasteiger partial charge in [0.1, 0.15) is 67.1 Å². The highest BCUT2D eigenvalue weighted by molar-refractivity contribution is 5.87. The summed E-state index contributed by atoms with van der Waals surface area (Å²) < 4.78 is 39.9. The van der Waals surface area contributed by atoms with E-state index in [-0.39, 0.29) is 11.1 Å². The van der Waals surface area contributed by atoms with Gasteiger partial charge in [-0.1, -0.05) is 12.1 Å². The number of phenols is 4. The van der Waals surface area contributed by atoms with E-state index in [1.54, 1.807) is 0 Å². The first-order valence-corrected chi connectivity index (χ1v) is 17.3. The molecule has 3 aliphatic heterocycles. The highest BCUT2D eigenvalue weighted by Gasteiger charge is 2.53. The maximum Gasteiger partial charge on any atom is 0.331 e. The Hall–Kier alpha value is -3.75. The number of benzene rings is 2. The second kappa shape index (κ2) is 18.7. The molecule has 0 amide bonds. The van der Waals surface area contributed by atoms with Gasteiger partial charge in [0.2, 0.25) is 0 Å². The summed E-state index contributed by atoms with van der Waals surface area (Å²) in [6, 6.07) is 7.08. The Balaban J connectivity index is 1.45. The number of phenolic OH excluding ortho intramolecular Hbond substituents is 4. The zero-order valence-corrected chi connectivity index (χ0v) is 29.6. The fourth-order valence-corrected chi connectivity index (χ4v) is 6.15. The summed E-state index contributed by atoms with van der Waals surface area (Å²) in [4.78, 5) is 13.3. The minimum atomic E-state index is -1.98. The minimum absolute atomic E-state index is 0.0710. The second-order valence-corrected chi connectivity index (χ2v) is 13.4. The number of ether oxygens (including phenoxy) is 7. The van der Waals surface area contributed by atoms with Crippen molar-refractivity contribution < 1.29 is 104 Å². The fraction of sp³-hybridized carbons (Fsp3) is 0.571. The molecule has 16 atom stereocenters. The van der Waals surface area contributed by atoms with E-state index in [4.69, 9.17) is 33.2 Å². The first-order chi connectivity index (χ1) is 26.5. The lowest BCUT2D eigenvalue weighted by Crippen LogP contribution is -2.65. The third-order valence-electron chi connectivity index (χ3n) is 9.45. The molecule has 2 aromatic rings. The van der Waals surface area contributed by atoms with Crippen molar-refractivity contribution in [2.24, 2.45) is 0 Å². The van der Waals surface area contributed by atoms with Crippen LogP contribution >= 0.6 is 0 Å². The van der Waals surface area contributed by atoms with Gasteiger partial charge in [-0.05, 0) is 48.4 Å². The normalized spacial score (nSPS) is 37.0. The number of rotatable bonds is 13. The summed E-state index contributed by atoms with van der Waals surface area (Å²) in [7, 11) is 0. The van der Waals surface area contributed by atoms with Gasteiger partial charge < -0.3 is 99.5 Å². The first-order valence-electron chi connectivity index (χ1n) is 17.3. The quantitative estimate of drug-likeness (QED) is 0.0526. The molecule has 0 bridgehead atoms. The van der Waals surface area contributed by atoms with Crippen molar-refractivity contribution in [3.63, 3.8) is 0 Å². The van der Waals surface area contributed by atoms with Gasteiger partial charge in [-0.3, -0.25) is 0 Å². The highest BCUT2D eigenvalue weighted by atomic mass is 16.8. The van der Waals surface area contributed by atoms with Gasteiger partial charge in [-0.2, -0.15) is 0 Å². The molecule has 56 heavy (non-hydrogen) atoms. The second-order valence-electron chi connectivity index (χ2n) is 13.4. The van der Waals surface area contributed by atoms with E-state index < -0.39 is 147 Å². The summed E-state index contributed by atoms with van der Waals surface area (Å²) in [6.45, 7) is -0.831. The molecule has 3 aliphatic rings. The van der Waals surface area contributed by atoms with Crippen molar-refractivity contribution in [2.45, 2.75) is 105 Å². The van der Waals surface area contributed by atoms with Crippen LogP contribution in [-0.2, 0) is 38.0 Å². The Morgan fingerprint density at radius 2 is 1.30 bits per heavy atom. The number of aromatic hydroxyl groups is 4. The molecule has 3 heterocycles. The molecule has 3 saturated heterocycles. The third-order valence-corrected chi connectivity index (χ3v) is 9.45. The molecule has 0 radical (unpaired) electrons. The van der Waals surface area contributed by atoms with Crippen molar-refractivity contribution in [3.05, 3.63) is 53.6 Å². The number of carbonyl (C=O) groups excluding carboxylic acids is 1. The summed E-state index contributed by atoms with van der Waals surface area (Å²) in [6.07, 6.45) is -25.2. The number of esters is 1. The van der Waals surface area contributed by atoms with Crippen molar-refractivity contribution in [2.75, 3.05) is 19.8 Å². The van der Waals surface area contributed by atoms with Crippen LogP contribution in [0.2, 0.25) is 0 Å². The molecule has 5 rings (SSSR count). The Morgan fingerprint density at radius 1 is 0.696 bits per heavy atom. The molecule has 0 spiro atoms. The Bertz CT molecular complexity index is 1640. The number of hydrogen-bond donors (Lipinski definition) is 13. The van der Waals surface area contributed by atoms with Crippen LogP contribution in [0.4, 0.5) is 0 Å². The van der Waals surface area contributed by atoms with Gasteiger partial charge in [0.25, 0.3) is 0 Å². The predicted molar refractivity (Wildman–Crippen MR) is 181 cm³/mol. The molecular weight excluding hydrogens is 756 g/mol. The molecule has 312 valence electrons. The maximum absolute atomic E-state index is 13.3. The van der Waals surface area contributed by atoms with E-state index in [0.717, 1.165) is 30.3 Å². The molecule has 0 aliphatic carbocycles. The smallest absolute Gasteiger partial charge is 0.331 e. The lowest BCUT2D eigenvalue weighted by atomic mass is 9.96. The van der Waals surface area contributed by atoms with Gasteiger partial charge >= 0.3 is 5.97 Å². The van der Waals surface area contributed by atoms with Crippen LogP contribution in [0.5, 0.6) is 23.0 Å². The van der Waals surface area contributed by atoms with Crippen molar-refractivity contribution >= 4 is 12.0 Å². The SMILES string of the molecule is CC1OC(OC2C(O)C(OCC(O)c3ccc(O)c(O)c3)OC(COC3OC(CO)C(O)C(O)C3O)C2OC(=O)C=Cc2ccc(O)c(O)c2)C(O)C(O)C1O. The average Bonchev–Trinajstić information content (AvgIpc) is 3.17. The van der Waals surface area contributed by atoms with Crippen LogP contribution in [0, 0.1) is 0 Å². The molecule has 13 N–H and O–H groups in total. The summed E-state index contributed by atoms with van der Waals surface area (Å²) >= 11 is 0. The molecular formula is C35H46O21. The number of aliphatic hydroxyl groups excluding tert-OH is 9. The van der Waals surface area contributed by atoms with Gasteiger partial charge in [-0.15, -0.1) is 0 Å². The average molecular weight is 803 g/mol. The van der Waals surface area contributed by atoms with Crippen LogP contribution in [0.1, 0.15) is 24.2 Å². The largest absolute Gasteiger partial charge is 0.504 e. The van der Waals surface area contributed by atoms with E-state index in [1.165, 1.54) is 25.1 Å². The Kier molecular flexibility index (Phi) is 14.5. The van der Waals surface area contributed by atoms with Gasteiger partial charge in [0.05, 0.1) is 25.9 Å². The molecule has 0 aromatic heterocycles. The molecule has 2 aromatic carbocycles. The van der Waals surface area contributed by atoms with E-state index >= 15 is 0 Å². The number of hydrogen-bond acceptors (Lipinski definition) is 21. The predicted octanol–water partition coefficient (Wildman–Crippen LogP) is -3.70. The number of aliphatic hydroxyl groups is 9. The summed E-state index contributed by atoms with van der Waals surface area (Å²) in [5.41, 5.74) is 0.309. The van der Waals surface area contributed by atoms with Crippen molar-refractivity contribution in [3.8, 4) is 23.0 Å². The van der Waals surface area contributed by atoms with Crippen LogP contribution < -0.4 is 0 Å². The molecule has 16 unspecified atom stereocenters. The molecule has 0 saturated carbocycles. The Morgan fingerprint density at radius 3 is 1.96 bits per heavy atom. The van der Waals surface area contributed by atoms with Crippen LogP contribution in [0.25, 0.3) is 6.08 Å². The zero-order chi connectivity index (χ0) is 41.0. The lowest BCUT2D eigenvalue weighted by Gasteiger charge is -2.47. The van der Waals surface area contributed by atoms with Gasteiger partial charge in [-0.25, -0.2) is 4.79 Å². The van der Waals surface area contributed by atoms with E-state index in [2.05, 4.69) is 0 Å². The van der Waals surface area contributed by atoms with Gasteiger partial charge in [0, 0.05) is 6.08 Å². The summed E-state index contributed by atoms with van der Waals surface area (Å²) in [5.74, 6) is -3.06. The van der Waals surface area contributed by atoms with E-state index in [9.17, 15) is 71.2 Å². The van der Waals surface area contributed by atoms with Crippen LogP contribution in [0.3, 0.4) is 0 Å². The van der Waals surface area contributed by atoms with Crippen molar-refractivity contribution in [1.82, 2.24) is 0 Å². The molecule has 21 heteroatoms. The monoisotopic (exact) mass is 802 g/mol. The molecule has 21 nitrogen and oxygen atoms in total. The van der Waals surface area contributed by atoms with Crippen LogP contribution in [-0.4, -0.2) is 184 Å². The van der Waals surface area contributed by atoms with E-state index in [1.807, 2.05) is 0 Å². The minimum Gasteiger partial charge on any atom is -0.504 e. The maximum atomic E-state index is 13.3. The summed E-state index contributed by atoms with van der Waals surface area (Å²) in [5, 5.41) is 134. The standard InChI is InChI=1S/C35H46O21/c1-13-24(43)26(45)29(48)35(52-13)56-32-30(49)34(50-11-20(41)15-4-6-17(38)19(40)9-15)54-22(12-51-33-28(47)27(46)25(44)21(10-36)53-33)31(32)55-23(42)7-3-14-2-5-16(37)18(39)8-14/h2-9,13,20-22,24-41,43-49H,10-12H2,1H3.